The number of aryl methyl sites for hydroxylation is 4. The van der Waals surface area contributed by atoms with Gasteiger partial charge in [-0.2, -0.15) is 0 Å². The Kier molecular flexibility index (Phi) is 4.37. The summed E-state index contributed by atoms with van der Waals surface area (Å²) in [5.41, 5.74) is 6.26. The van der Waals surface area contributed by atoms with Crippen LogP contribution < -0.4 is 5.32 Å². The van der Waals surface area contributed by atoms with Crippen LogP contribution in [0, 0.1) is 27.7 Å². The molecule has 4 rings (SSSR count). The molecule has 2 amide bonds. The fourth-order valence-corrected chi connectivity index (χ4v) is 3.94. The smallest absolute Gasteiger partial charge is 0.318 e. The highest BCUT2D eigenvalue weighted by Crippen LogP contribution is 2.35. The monoisotopic (exact) mass is 367 g/mol. The van der Waals surface area contributed by atoms with Crippen LogP contribution in [0.15, 0.2) is 16.7 Å². The van der Waals surface area contributed by atoms with Crippen molar-refractivity contribution in [3.8, 4) is 0 Å². The summed E-state index contributed by atoms with van der Waals surface area (Å²) in [7, 11) is 0. The molecule has 1 saturated heterocycles. The fraction of sp³-hybridized carbons (Fsp3) is 0.450. The third kappa shape index (κ3) is 3.18. The maximum Gasteiger partial charge on any atom is 0.318 e. The lowest BCUT2D eigenvalue weighted by Gasteiger charge is -2.24. The number of hydrogen-bond donors (Lipinski definition) is 2. The average molecular weight is 367 g/mol. The van der Waals surface area contributed by atoms with Crippen LogP contribution in [0.25, 0.3) is 11.0 Å². The van der Waals surface area contributed by atoms with Crippen LogP contribution in [0.2, 0.25) is 0 Å². The van der Waals surface area contributed by atoms with Crippen LogP contribution in [-0.2, 0) is 6.54 Å². The summed E-state index contributed by atoms with van der Waals surface area (Å²) in [5.74, 6) is 1.55. The van der Waals surface area contributed by atoms with Crippen molar-refractivity contribution in [3.05, 3.63) is 46.1 Å². The molecular formula is C20H25N5O2. The molecule has 2 aromatic heterocycles. The van der Waals surface area contributed by atoms with Crippen molar-refractivity contribution in [2.75, 3.05) is 6.54 Å². The molecule has 1 aromatic carbocycles. The van der Waals surface area contributed by atoms with Crippen LogP contribution in [0.4, 0.5) is 4.79 Å². The van der Waals surface area contributed by atoms with Gasteiger partial charge in [-0.25, -0.2) is 9.78 Å². The predicted octanol–water partition coefficient (Wildman–Crippen LogP) is 3.83. The number of aromatic amines is 1. The van der Waals surface area contributed by atoms with Crippen LogP contribution >= 0.6 is 0 Å². The molecule has 7 heteroatoms. The quantitative estimate of drug-likeness (QED) is 0.736. The molecule has 27 heavy (non-hydrogen) atoms. The topological polar surface area (TPSA) is 87.1 Å². The lowest BCUT2D eigenvalue weighted by atomic mass is 10.0. The first-order valence-corrected chi connectivity index (χ1v) is 9.37. The van der Waals surface area contributed by atoms with Gasteiger partial charge in [-0.1, -0.05) is 5.16 Å². The van der Waals surface area contributed by atoms with Crippen molar-refractivity contribution < 1.29 is 9.32 Å². The Balaban J connectivity index is 1.47. The Bertz CT molecular complexity index is 945. The van der Waals surface area contributed by atoms with Crippen molar-refractivity contribution in [3.63, 3.8) is 0 Å². The summed E-state index contributed by atoms with van der Waals surface area (Å²) in [6.07, 6.45) is 1.91. The molecule has 0 radical (unpaired) electrons. The molecule has 7 nitrogen and oxygen atoms in total. The van der Waals surface area contributed by atoms with Crippen LogP contribution in [0.3, 0.4) is 0 Å². The van der Waals surface area contributed by atoms with Gasteiger partial charge in [-0.15, -0.1) is 0 Å². The standard InChI is InChI=1S/C20H25N5O2/c1-11-8-15-16(9-12(11)2)23-18(22-15)10-21-20(26)25-7-5-6-17(25)19-13(3)24-27-14(19)4/h8-9,17H,5-7,10H2,1-4H3,(H,21,26)(H,22,23). The number of likely N-dealkylation sites (tertiary alicyclic amines) is 1. The largest absolute Gasteiger partial charge is 0.361 e. The number of amides is 2. The number of nitrogens with zero attached hydrogens (tertiary/aromatic N) is 3. The first kappa shape index (κ1) is 17.6. The fourth-order valence-electron chi connectivity index (χ4n) is 3.94. The molecule has 3 aromatic rings. The van der Waals surface area contributed by atoms with Crippen molar-refractivity contribution in [2.45, 2.75) is 53.1 Å². The molecule has 1 aliphatic rings. The van der Waals surface area contributed by atoms with E-state index in [1.807, 2.05) is 18.7 Å². The minimum Gasteiger partial charge on any atom is -0.361 e. The summed E-state index contributed by atoms with van der Waals surface area (Å²) in [5, 5.41) is 7.04. The number of nitrogens with one attached hydrogen (secondary N) is 2. The summed E-state index contributed by atoms with van der Waals surface area (Å²) in [4.78, 5) is 22.6. The first-order chi connectivity index (χ1) is 12.9. The van der Waals surface area contributed by atoms with E-state index < -0.39 is 0 Å². The van der Waals surface area contributed by atoms with Crippen LogP contribution in [0.1, 0.15) is 52.9 Å². The van der Waals surface area contributed by atoms with Gasteiger partial charge >= 0.3 is 6.03 Å². The highest BCUT2D eigenvalue weighted by molar-refractivity contribution is 5.78. The second kappa shape index (κ2) is 6.72. The van der Waals surface area contributed by atoms with Gasteiger partial charge in [0, 0.05) is 12.1 Å². The van der Waals surface area contributed by atoms with Gasteiger partial charge in [-0.3, -0.25) is 0 Å². The van der Waals surface area contributed by atoms with E-state index in [0.29, 0.717) is 6.54 Å². The molecular weight excluding hydrogens is 342 g/mol. The summed E-state index contributed by atoms with van der Waals surface area (Å²) in [6.45, 7) is 9.10. The van der Waals surface area contributed by atoms with Gasteiger partial charge in [0.05, 0.1) is 29.3 Å². The molecule has 0 spiro atoms. The first-order valence-electron chi connectivity index (χ1n) is 9.37. The van der Waals surface area contributed by atoms with Crippen LogP contribution in [0.5, 0.6) is 0 Å². The number of benzene rings is 1. The minimum atomic E-state index is -0.0784. The Labute approximate surface area is 158 Å². The summed E-state index contributed by atoms with van der Waals surface area (Å²) < 4.78 is 5.29. The van der Waals surface area contributed by atoms with Gasteiger partial charge in [0.1, 0.15) is 11.6 Å². The Morgan fingerprint density at radius 2 is 2.07 bits per heavy atom. The van der Waals surface area contributed by atoms with E-state index >= 15 is 0 Å². The van der Waals surface area contributed by atoms with Crippen molar-refractivity contribution in [1.82, 2.24) is 25.3 Å². The number of carbonyl (C=O) groups is 1. The Morgan fingerprint density at radius 1 is 1.30 bits per heavy atom. The van der Waals surface area contributed by atoms with Gasteiger partial charge in [-0.05, 0) is 63.8 Å². The Morgan fingerprint density at radius 3 is 2.81 bits per heavy atom. The lowest BCUT2D eigenvalue weighted by Crippen LogP contribution is -2.39. The number of carbonyl (C=O) groups excluding carboxylic acids is 1. The molecule has 1 unspecified atom stereocenters. The van der Waals surface area contributed by atoms with E-state index in [4.69, 9.17) is 4.52 Å². The predicted molar refractivity (Wildman–Crippen MR) is 102 cm³/mol. The Hall–Kier alpha value is -2.83. The lowest BCUT2D eigenvalue weighted by molar-refractivity contribution is 0.192. The van der Waals surface area contributed by atoms with Crippen molar-refractivity contribution >= 4 is 17.1 Å². The zero-order chi connectivity index (χ0) is 19.1. The highest BCUT2D eigenvalue weighted by atomic mass is 16.5. The number of hydrogen-bond acceptors (Lipinski definition) is 4. The highest BCUT2D eigenvalue weighted by Gasteiger charge is 2.33. The molecule has 0 bridgehead atoms. The van der Waals surface area contributed by atoms with E-state index in [2.05, 4.69) is 46.4 Å². The molecule has 1 aliphatic heterocycles. The normalized spacial score (nSPS) is 17.0. The van der Waals surface area contributed by atoms with E-state index in [0.717, 1.165) is 53.3 Å². The number of imidazole rings is 1. The molecule has 142 valence electrons. The van der Waals surface area contributed by atoms with Crippen molar-refractivity contribution in [2.24, 2.45) is 0 Å². The van der Waals surface area contributed by atoms with E-state index in [1.165, 1.54) is 11.1 Å². The number of aromatic nitrogens is 3. The molecule has 0 saturated carbocycles. The van der Waals surface area contributed by atoms with Gasteiger partial charge in [0.15, 0.2) is 0 Å². The van der Waals surface area contributed by atoms with Gasteiger partial charge in [0.25, 0.3) is 0 Å². The molecule has 3 heterocycles. The van der Waals surface area contributed by atoms with Gasteiger partial charge in [0.2, 0.25) is 0 Å². The zero-order valence-corrected chi connectivity index (χ0v) is 16.2. The molecule has 1 fully saturated rings. The third-order valence-corrected chi connectivity index (χ3v) is 5.49. The van der Waals surface area contributed by atoms with E-state index in [9.17, 15) is 4.79 Å². The van der Waals surface area contributed by atoms with Crippen LogP contribution in [-0.4, -0.2) is 32.6 Å². The number of fused-ring (bicyclic) bond motifs is 1. The van der Waals surface area contributed by atoms with E-state index in [-0.39, 0.29) is 12.1 Å². The minimum absolute atomic E-state index is 0.0252. The van der Waals surface area contributed by atoms with Gasteiger partial charge < -0.3 is 19.7 Å². The van der Waals surface area contributed by atoms with Crippen molar-refractivity contribution in [1.29, 1.82) is 0 Å². The number of rotatable bonds is 3. The number of H-pyrrole nitrogens is 1. The third-order valence-electron chi connectivity index (χ3n) is 5.49. The summed E-state index contributed by atoms with van der Waals surface area (Å²) >= 11 is 0. The SMILES string of the molecule is Cc1cc2nc(CNC(=O)N3CCCC3c3c(C)noc3C)[nH]c2cc1C. The maximum atomic E-state index is 12.8. The molecule has 0 aliphatic carbocycles. The molecule has 2 N–H and O–H groups in total. The number of urea groups is 1. The second-order valence-electron chi connectivity index (χ2n) is 7.39. The molecule has 1 atom stereocenters. The summed E-state index contributed by atoms with van der Waals surface area (Å²) in [6, 6.07) is 4.11. The van der Waals surface area contributed by atoms with E-state index in [1.54, 1.807) is 0 Å². The average Bonchev–Trinajstić information content (AvgIpc) is 3.32. The zero-order valence-electron chi connectivity index (χ0n) is 16.2. The maximum absolute atomic E-state index is 12.8. The second-order valence-corrected chi connectivity index (χ2v) is 7.39.